The summed E-state index contributed by atoms with van der Waals surface area (Å²) in [6.07, 6.45) is 52.4. The average Bonchev–Trinajstić information content (AvgIpc) is 3.27. The van der Waals surface area contributed by atoms with Crippen LogP contribution >= 0.6 is 0 Å². The average molecular weight is 892 g/mol. The molecule has 0 rings (SSSR count). The Balaban J connectivity index is 4.26. The van der Waals surface area contributed by atoms with E-state index in [1.54, 1.807) is 0 Å². The van der Waals surface area contributed by atoms with E-state index in [-0.39, 0.29) is 31.1 Å². The van der Waals surface area contributed by atoms with Crippen LogP contribution in [0.5, 0.6) is 0 Å². The number of unbranched alkanes of at least 4 members (excludes halogenated alkanes) is 35. The van der Waals surface area contributed by atoms with Crippen LogP contribution in [0.2, 0.25) is 0 Å². The Morgan fingerprint density at radius 2 is 0.603 bits per heavy atom. The summed E-state index contributed by atoms with van der Waals surface area (Å²) in [6, 6.07) is 0. The number of carbonyl (C=O) groups excluding carboxylic acids is 3. The molecule has 0 N–H and O–H groups in total. The van der Waals surface area contributed by atoms with Gasteiger partial charge in [0.15, 0.2) is 6.10 Å². The summed E-state index contributed by atoms with van der Waals surface area (Å²) in [4.78, 5) is 38.0. The largest absolute Gasteiger partial charge is 0.462 e. The Labute approximate surface area is 393 Å². The molecule has 0 fully saturated rings. The van der Waals surface area contributed by atoms with E-state index in [9.17, 15) is 14.4 Å². The third kappa shape index (κ3) is 49.7. The monoisotopic (exact) mass is 891 g/mol. The maximum atomic E-state index is 12.8. The topological polar surface area (TPSA) is 78.9 Å². The Morgan fingerprint density at radius 1 is 0.333 bits per heavy atom. The summed E-state index contributed by atoms with van der Waals surface area (Å²) in [6.45, 7) is 11.4. The standard InChI is InChI=1S/C57H110O6/c1-6-8-9-10-11-12-13-14-15-16-17-18-23-26-29-32-39-44-49-57(60)63-54(51-62-56(59)48-43-38-34-33-36-41-46-53(5)7-2)50-61-55(58)47-42-37-31-28-25-22-20-19-21-24-27-30-35-40-45-52(3)4/h52-54H,6-51H2,1-5H3/t53?,54-/m0/s1. The molecule has 0 radical (unpaired) electrons. The van der Waals surface area contributed by atoms with Crippen molar-refractivity contribution in [2.24, 2.45) is 11.8 Å². The number of carbonyl (C=O) groups is 3. The minimum absolute atomic E-state index is 0.0637. The molecule has 2 atom stereocenters. The van der Waals surface area contributed by atoms with Crippen LogP contribution in [0.1, 0.15) is 317 Å². The minimum Gasteiger partial charge on any atom is -0.462 e. The fraction of sp³-hybridized carbons (Fsp3) is 0.947. The summed E-state index contributed by atoms with van der Waals surface area (Å²) >= 11 is 0. The van der Waals surface area contributed by atoms with Crippen LogP contribution in [0.3, 0.4) is 0 Å². The van der Waals surface area contributed by atoms with Crippen LogP contribution in [0.25, 0.3) is 0 Å². The quantitative estimate of drug-likeness (QED) is 0.0344. The van der Waals surface area contributed by atoms with Crippen LogP contribution in [-0.2, 0) is 28.6 Å². The smallest absolute Gasteiger partial charge is 0.306 e. The maximum absolute atomic E-state index is 12.8. The lowest BCUT2D eigenvalue weighted by Gasteiger charge is -2.18. The number of esters is 3. The Kier molecular flexibility index (Phi) is 48.6. The van der Waals surface area contributed by atoms with Crippen molar-refractivity contribution in [3.8, 4) is 0 Å². The van der Waals surface area contributed by atoms with E-state index in [0.29, 0.717) is 19.3 Å². The zero-order valence-electron chi connectivity index (χ0n) is 43.2. The van der Waals surface area contributed by atoms with Crippen molar-refractivity contribution in [3.63, 3.8) is 0 Å². The lowest BCUT2D eigenvalue weighted by Crippen LogP contribution is -2.30. The molecule has 0 amide bonds. The highest BCUT2D eigenvalue weighted by atomic mass is 16.6. The van der Waals surface area contributed by atoms with Crippen LogP contribution in [0.4, 0.5) is 0 Å². The first-order valence-corrected chi connectivity index (χ1v) is 28.3. The molecule has 0 spiro atoms. The van der Waals surface area contributed by atoms with Gasteiger partial charge in [0.25, 0.3) is 0 Å². The van der Waals surface area contributed by atoms with Crippen LogP contribution in [0.15, 0.2) is 0 Å². The number of rotatable bonds is 51. The zero-order chi connectivity index (χ0) is 46.1. The van der Waals surface area contributed by atoms with Crippen molar-refractivity contribution in [1.29, 1.82) is 0 Å². The molecule has 0 aliphatic carbocycles. The summed E-state index contributed by atoms with van der Waals surface area (Å²) in [5.41, 5.74) is 0. The predicted molar refractivity (Wildman–Crippen MR) is 270 cm³/mol. The highest BCUT2D eigenvalue weighted by molar-refractivity contribution is 5.71. The fourth-order valence-corrected chi connectivity index (χ4v) is 8.66. The molecule has 0 aromatic carbocycles. The second kappa shape index (κ2) is 49.8. The van der Waals surface area contributed by atoms with Crippen LogP contribution in [-0.4, -0.2) is 37.2 Å². The first-order valence-electron chi connectivity index (χ1n) is 28.3. The molecule has 0 aromatic heterocycles. The highest BCUT2D eigenvalue weighted by Crippen LogP contribution is 2.18. The van der Waals surface area contributed by atoms with E-state index >= 15 is 0 Å². The second-order valence-electron chi connectivity index (χ2n) is 20.3. The molecule has 0 aliphatic rings. The number of hydrogen-bond donors (Lipinski definition) is 0. The molecule has 63 heavy (non-hydrogen) atoms. The summed E-state index contributed by atoms with van der Waals surface area (Å²) in [5, 5.41) is 0. The van der Waals surface area contributed by atoms with Gasteiger partial charge in [-0.05, 0) is 31.1 Å². The van der Waals surface area contributed by atoms with E-state index in [0.717, 1.165) is 69.6 Å². The third-order valence-electron chi connectivity index (χ3n) is 13.3. The van der Waals surface area contributed by atoms with E-state index in [2.05, 4.69) is 34.6 Å². The predicted octanol–water partition coefficient (Wildman–Crippen LogP) is 18.5. The number of ether oxygens (including phenoxy) is 3. The maximum Gasteiger partial charge on any atom is 0.306 e. The van der Waals surface area contributed by atoms with Gasteiger partial charge in [0.05, 0.1) is 0 Å². The van der Waals surface area contributed by atoms with Gasteiger partial charge in [-0.25, -0.2) is 0 Å². The second-order valence-corrected chi connectivity index (χ2v) is 20.3. The number of hydrogen-bond acceptors (Lipinski definition) is 6. The van der Waals surface area contributed by atoms with Crippen LogP contribution in [0, 0.1) is 11.8 Å². The SMILES string of the molecule is CCCCCCCCCCCCCCCCCCCCC(=O)O[C@@H](COC(=O)CCCCCCCCCCCCCCCCC(C)C)COC(=O)CCCCCCCCC(C)CC. The van der Waals surface area contributed by atoms with Crippen LogP contribution < -0.4 is 0 Å². The summed E-state index contributed by atoms with van der Waals surface area (Å²) < 4.78 is 16.9. The zero-order valence-corrected chi connectivity index (χ0v) is 43.2. The van der Waals surface area contributed by atoms with Gasteiger partial charge in [0.1, 0.15) is 13.2 Å². The van der Waals surface area contributed by atoms with E-state index in [4.69, 9.17) is 14.2 Å². The van der Waals surface area contributed by atoms with Gasteiger partial charge in [-0.1, -0.05) is 279 Å². The van der Waals surface area contributed by atoms with Crippen molar-refractivity contribution in [2.75, 3.05) is 13.2 Å². The minimum atomic E-state index is -0.763. The third-order valence-corrected chi connectivity index (χ3v) is 13.3. The van der Waals surface area contributed by atoms with Crippen molar-refractivity contribution in [1.82, 2.24) is 0 Å². The molecule has 0 saturated carbocycles. The summed E-state index contributed by atoms with van der Waals surface area (Å²) in [5.74, 6) is 0.814. The van der Waals surface area contributed by atoms with Crippen molar-refractivity contribution >= 4 is 17.9 Å². The fourth-order valence-electron chi connectivity index (χ4n) is 8.66. The molecule has 0 heterocycles. The Bertz CT molecular complexity index is 964. The van der Waals surface area contributed by atoms with E-state index in [1.165, 1.54) is 205 Å². The molecule has 0 bridgehead atoms. The van der Waals surface area contributed by atoms with E-state index < -0.39 is 6.10 Å². The van der Waals surface area contributed by atoms with Gasteiger partial charge in [0.2, 0.25) is 0 Å². The molecule has 0 aliphatic heterocycles. The molecular weight excluding hydrogens is 781 g/mol. The lowest BCUT2D eigenvalue weighted by atomic mass is 10.00. The van der Waals surface area contributed by atoms with Gasteiger partial charge in [0, 0.05) is 19.3 Å². The Hall–Kier alpha value is -1.59. The van der Waals surface area contributed by atoms with Crippen molar-refractivity contribution in [2.45, 2.75) is 323 Å². The van der Waals surface area contributed by atoms with Crippen molar-refractivity contribution in [3.05, 3.63) is 0 Å². The first kappa shape index (κ1) is 61.4. The summed E-state index contributed by atoms with van der Waals surface area (Å²) in [7, 11) is 0. The molecule has 1 unspecified atom stereocenters. The van der Waals surface area contributed by atoms with Gasteiger partial charge in [-0.15, -0.1) is 0 Å². The van der Waals surface area contributed by atoms with Gasteiger partial charge < -0.3 is 14.2 Å². The molecule has 0 aromatic rings. The van der Waals surface area contributed by atoms with E-state index in [1.807, 2.05) is 0 Å². The lowest BCUT2D eigenvalue weighted by molar-refractivity contribution is -0.167. The van der Waals surface area contributed by atoms with Gasteiger partial charge in [-0.2, -0.15) is 0 Å². The Morgan fingerprint density at radius 3 is 0.905 bits per heavy atom. The molecule has 374 valence electrons. The first-order chi connectivity index (χ1) is 30.8. The normalized spacial score (nSPS) is 12.5. The molecule has 0 saturated heterocycles. The van der Waals surface area contributed by atoms with Gasteiger partial charge >= 0.3 is 17.9 Å². The highest BCUT2D eigenvalue weighted by Gasteiger charge is 2.19. The van der Waals surface area contributed by atoms with Gasteiger partial charge in [-0.3, -0.25) is 14.4 Å². The van der Waals surface area contributed by atoms with Crippen molar-refractivity contribution < 1.29 is 28.6 Å². The molecule has 6 nitrogen and oxygen atoms in total. The molecule has 6 heteroatoms. The molecular formula is C57H110O6.